The van der Waals surface area contributed by atoms with E-state index in [0.29, 0.717) is 6.54 Å². The van der Waals surface area contributed by atoms with Gasteiger partial charge in [-0.15, -0.1) is 0 Å². The molecule has 114 valence electrons. The molecule has 0 saturated heterocycles. The fourth-order valence-electron chi connectivity index (χ4n) is 2.30. The first-order valence-corrected chi connectivity index (χ1v) is 7.18. The summed E-state index contributed by atoms with van der Waals surface area (Å²) in [7, 11) is 0. The quantitative estimate of drug-likeness (QED) is 0.732. The molecule has 3 N–H and O–H groups in total. The number of fused-ring (bicyclic) bond motifs is 1. The standard InChI is InChI=1S/C16H18N4O2/c1-11(14-10-12-4-2-3-5-13(12)22-14)18-16-7-9-20(19-16)8-6-15(17)21/h2-5,7,9-11H,6,8H2,1H3,(H2,17,21)(H,18,19)/t11-/m1/s1. The van der Waals surface area contributed by atoms with Gasteiger partial charge in [-0.1, -0.05) is 18.2 Å². The van der Waals surface area contributed by atoms with Gasteiger partial charge in [-0.25, -0.2) is 0 Å². The van der Waals surface area contributed by atoms with Crippen LogP contribution in [0.15, 0.2) is 47.0 Å². The lowest BCUT2D eigenvalue weighted by Crippen LogP contribution is -2.14. The number of nitrogens with two attached hydrogens (primary N) is 1. The lowest BCUT2D eigenvalue weighted by Gasteiger charge is -2.09. The summed E-state index contributed by atoms with van der Waals surface area (Å²) in [6, 6.07) is 11.8. The first kappa shape index (κ1) is 14.2. The van der Waals surface area contributed by atoms with Gasteiger partial charge >= 0.3 is 0 Å². The number of carbonyl (C=O) groups is 1. The third-order valence-corrected chi connectivity index (χ3v) is 3.46. The van der Waals surface area contributed by atoms with Crippen molar-refractivity contribution in [3.63, 3.8) is 0 Å². The summed E-state index contributed by atoms with van der Waals surface area (Å²) in [5, 5.41) is 8.72. The third-order valence-electron chi connectivity index (χ3n) is 3.46. The van der Waals surface area contributed by atoms with Gasteiger partial charge in [-0.05, 0) is 19.1 Å². The molecule has 2 aromatic heterocycles. The van der Waals surface area contributed by atoms with Gasteiger partial charge in [0.15, 0.2) is 0 Å². The maximum absolute atomic E-state index is 10.8. The van der Waals surface area contributed by atoms with Crippen molar-refractivity contribution >= 4 is 22.7 Å². The lowest BCUT2D eigenvalue weighted by molar-refractivity contribution is -0.118. The first-order valence-electron chi connectivity index (χ1n) is 7.18. The number of para-hydroxylation sites is 1. The first-order chi connectivity index (χ1) is 10.6. The summed E-state index contributed by atoms with van der Waals surface area (Å²) in [4.78, 5) is 10.8. The van der Waals surface area contributed by atoms with Crippen molar-refractivity contribution in [1.82, 2.24) is 9.78 Å². The van der Waals surface area contributed by atoms with Crippen LogP contribution in [-0.4, -0.2) is 15.7 Å². The molecule has 6 heteroatoms. The van der Waals surface area contributed by atoms with Crippen LogP contribution in [-0.2, 0) is 11.3 Å². The zero-order chi connectivity index (χ0) is 15.5. The number of anilines is 1. The number of hydrogen-bond acceptors (Lipinski definition) is 4. The van der Waals surface area contributed by atoms with E-state index in [0.717, 1.165) is 22.5 Å². The molecule has 1 atom stereocenters. The van der Waals surface area contributed by atoms with Gasteiger partial charge in [-0.2, -0.15) is 5.10 Å². The highest BCUT2D eigenvalue weighted by Gasteiger charge is 2.12. The highest BCUT2D eigenvalue weighted by atomic mass is 16.3. The molecule has 2 heterocycles. The average Bonchev–Trinajstić information content (AvgIpc) is 3.11. The lowest BCUT2D eigenvalue weighted by atomic mass is 10.2. The van der Waals surface area contributed by atoms with E-state index in [1.807, 2.05) is 49.5 Å². The maximum Gasteiger partial charge on any atom is 0.219 e. The highest BCUT2D eigenvalue weighted by molar-refractivity contribution is 5.77. The normalized spacial score (nSPS) is 12.4. The van der Waals surface area contributed by atoms with Crippen LogP contribution in [0.2, 0.25) is 0 Å². The number of aryl methyl sites for hydroxylation is 1. The number of aromatic nitrogens is 2. The second-order valence-electron chi connectivity index (χ2n) is 5.23. The van der Waals surface area contributed by atoms with Gasteiger partial charge in [0, 0.05) is 30.6 Å². The SMILES string of the molecule is C[C@@H](Nc1ccn(CCC(N)=O)n1)c1cc2ccccc2o1. The molecule has 1 aromatic carbocycles. The second-order valence-corrected chi connectivity index (χ2v) is 5.23. The predicted octanol–water partition coefficient (Wildman–Crippen LogP) is 2.68. The minimum absolute atomic E-state index is 0.00751. The zero-order valence-electron chi connectivity index (χ0n) is 12.3. The second kappa shape index (κ2) is 5.93. The molecular weight excluding hydrogens is 280 g/mol. The number of rotatable bonds is 6. The Morgan fingerprint density at radius 1 is 1.41 bits per heavy atom. The number of amides is 1. The Morgan fingerprint density at radius 2 is 2.23 bits per heavy atom. The number of primary amides is 1. The van der Waals surface area contributed by atoms with Crippen LogP contribution < -0.4 is 11.1 Å². The maximum atomic E-state index is 10.8. The van der Waals surface area contributed by atoms with Crippen LogP contribution in [0.3, 0.4) is 0 Å². The summed E-state index contributed by atoms with van der Waals surface area (Å²) >= 11 is 0. The molecule has 0 radical (unpaired) electrons. The van der Waals surface area contributed by atoms with Crippen LogP contribution in [0.5, 0.6) is 0 Å². The molecule has 0 aliphatic heterocycles. The van der Waals surface area contributed by atoms with Gasteiger partial charge in [0.25, 0.3) is 0 Å². The van der Waals surface area contributed by atoms with Gasteiger partial charge in [0.05, 0.1) is 6.04 Å². The number of furan rings is 1. The molecule has 3 aromatic rings. The van der Waals surface area contributed by atoms with E-state index in [1.165, 1.54) is 0 Å². The number of nitrogens with zero attached hydrogens (tertiary/aromatic N) is 2. The molecular formula is C16H18N4O2. The van der Waals surface area contributed by atoms with E-state index < -0.39 is 0 Å². The molecule has 0 saturated carbocycles. The van der Waals surface area contributed by atoms with E-state index in [2.05, 4.69) is 10.4 Å². The van der Waals surface area contributed by atoms with Gasteiger partial charge in [0.1, 0.15) is 17.2 Å². The Morgan fingerprint density at radius 3 is 3.00 bits per heavy atom. The smallest absolute Gasteiger partial charge is 0.219 e. The molecule has 1 amide bonds. The van der Waals surface area contributed by atoms with Crippen molar-refractivity contribution in [2.24, 2.45) is 5.73 Å². The number of hydrogen-bond donors (Lipinski definition) is 2. The van der Waals surface area contributed by atoms with E-state index in [-0.39, 0.29) is 18.4 Å². The van der Waals surface area contributed by atoms with Gasteiger partial charge < -0.3 is 15.5 Å². The summed E-state index contributed by atoms with van der Waals surface area (Å²) in [5.74, 6) is 1.26. The summed E-state index contributed by atoms with van der Waals surface area (Å²) < 4.78 is 7.52. The molecule has 0 aliphatic rings. The summed E-state index contributed by atoms with van der Waals surface area (Å²) in [5.41, 5.74) is 6.01. The third kappa shape index (κ3) is 3.11. The van der Waals surface area contributed by atoms with E-state index in [9.17, 15) is 4.79 Å². The van der Waals surface area contributed by atoms with Crippen LogP contribution in [0.4, 0.5) is 5.82 Å². The van der Waals surface area contributed by atoms with Crippen molar-refractivity contribution in [3.8, 4) is 0 Å². The van der Waals surface area contributed by atoms with Crippen LogP contribution in [0.1, 0.15) is 25.1 Å². The fraction of sp³-hybridized carbons (Fsp3) is 0.250. The van der Waals surface area contributed by atoms with Crippen LogP contribution >= 0.6 is 0 Å². The molecule has 0 spiro atoms. The number of nitrogens with one attached hydrogen (secondary N) is 1. The predicted molar refractivity (Wildman–Crippen MR) is 84.3 cm³/mol. The summed E-state index contributed by atoms with van der Waals surface area (Å²) in [6.45, 7) is 2.50. The average molecular weight is 298 g/mol. The Hall–Kier alpha value is -2.76. The number of benzene rings is 1. The monoisotopic (exact) mass is 298 g/mol. The van der Waals surface area contributed by atoms with Gasteiger partial charge in [0.2, 0.25) is 5.91 Å². The number of carbonyl (C=O) groups excluding carboxylic acids is 1. The molecule has 6 nitrogen and oxygen atoms in total. The fourth-order valence-corrected chi connectivity index (χ4v) is 2.30. The Labute approximate surface area is 127 Å². The minimum atomic E-state index is -0.333. The molecule has 0 aliphatic carbocycles. The topological polar surface area (TPSA) is 86.1 Å². The van der Waals surface area contributed by atoms with E-state index >= 15 is 0 Å². The highest BCUT2D eigenvalue weighted by Crippen LogP contribution is 2.25. The molecule has 0 unspecified atom stereocenters. The van der Waals surface area contributed by atoms with Crippen molar-refractivity contribution in [3.05, 3.63) is 48.4 Å². The van der Waals surface area contributed by atoms with E-state index in [4.69, 9.17) is 10.2 Å². The molecule has 22 heavy (non-hydrogen) atoms. The van der Waals surface area contributed by atoms with Crippen molar-refractivity contribution in [2.75, 3.05) is 5.32 Å². The van der Waals surface area contributed by atoms with Gasteiger partial charge in [-0.3, -0.25) is 9.48 Å². The Bertz CT molecular complexity index is 757. The van der Waals surface area contributed by atoms with Crippen molar-refractivity contribution < 1.29 is 9.21 Å². The van der Waals surface area contributed by atoms with Crippen LogP contribution in [0, 0.1) is 0 Å². The Kier molecular flexibility index (Phi) is 3.82. The largest absolute Gasteiger partial charge is 0.459 e. The zero-order valence-corrected chi connectivity index (χ0v) is 12.3. The molecule has 0 bridgehead atoms. The van der Waals surface area contributed by atoms with E-state index in [1.54, 1.807) is 4.68 Å². The van der Waals surface area contributed by atoms with Crippen molar-refractivity contribution in [1.29, 1.82) is 0 Å². The van der Waals surface area contributed by atoms with Crippen LogP contribution in [0.25, 0.3) is 11.0 Å². The van der Waals surface area contributed by atoms with Crippen molar-refractivity contribution in [2.45, 2.75) is 25.9 Å². The summed E-state index contributed by atoms with van der Waals surface area (Å²) in [6.07, 6.45) is 2.09. The minimum Gasteiger partial charge on any atom is -0.459 e. The molecule has 3 rings (SSSR count). The Balaban J connectivity index is 1.68. The molecule has 0 fully saturated rings.